The van der Waals surface area contributed by atoms with Crippen LogP contribution in [0.2, 0.25) is 0 Å². The summed E-state index contributed by atoms with van der Waals surface area (Å²) < 4.78 is 2.07. The van der Waals surface area contributed by atoms with E-state index in [0.717, 1.165) is 40.2 Å². The van der Waals surface area contributed by atoms with E-state index in [-0.39, 0.29) is 11.8 Å². The third-order valence-corrected chi connectivity index (χ3v) is 6.89. The van der Waals surface area contributed by atoms with Crippen LogP contribution in [0.15, 0.2) is 78.9 Å². The van der Waals surface area contributed by atoms with Gasteiger partial charge in [-0.15, -0.1) is 15.3 Å². The van der Waals surface area contributed by atoms with Crippen molar-refractivity contribution >= 4 is 11.0 Å². The molecule has 0 saturated carbocycles. The van der Waals surface area contributed by atoms with Crippen molar-refractivity contribution in [2.24, 2.45) is 0 Å². The first-order valence-electron chi connectivity index (χ1n) is 13.0. The van der Waals surface area contributed by atoms with Crippen LogP contribution >= 0.6 is 0 Å². The molecule has 6 rings (SSSR count). The van der Waals surface area contributed by atoms with Crippen LogP contribution < -0.4 is 0 Å². The molecule has 0 aliphatic carbocycles. The standard InChI is InChI=1S/C30H28N8O/c1-19(2)29-31-26-25(17-14-20-8-4-3-5-9-20)32-35-30(39)27(26)38(29)18-21-12-15-22(16-13-21)23-10-6-7-11-24(23)28-33-36-37-34-28/h3-13,15-16,19H,14,17-18H2,1-2H3,(H,35,39)(H,33,34,36,37). The number of imidazole rings is 1. The van der Waals surface area contributed by atoms with Gasteiger partial charge in [0.2, 0.25) is 0 Å². The summed E-state index contributed by atoms with van der Waals surface area (Å²) in [5, 5.41) is 33.6. The third-order valence-electron chi connectivity index (χ3n) is 6.89. The number of aromatic nitrogens is 8. The van der Waals surface area contributed by atoms with Crippen LogP contribution in [0.5, 0.6) is 5.88 Å². The van der Waals surface area contributed by atoms with E-state index in [1.54, 1.807) is 0 Å². The maximum atomic E-state index is 10.8. The van der Waals surface area contributed by atoms with E-state index < -0.39 is 0 Å². The number of hydrogen-bond acceptors (Lipinski definition) is 7. The minimum Gasteiger partial charge on any atom is -0.491 e. The van der Waals surface area contributed by atoms with Crippen LogP contribution in [0.1, 0.15) is 42.4 Å². The minimum atomic E-state index is -0.0981. The predicted octanol–water partition coefficient (Wildman–Crippen LogP) is 5.34. The lowest BCUT2D eigenvalue weighted by molar-refractivity contribution is 0.447. The highest BCUT2D eigenvalue weighted by Crippen LogP contribution is 2.32. The van der Waals surface area contributed by atoms with Crippen LogP contribution in [-0.4, -0.2) is 45.5 Å². The Morgan fingerprint density at radius 3 is 2.26 bits per heavy atom. The average Bonchev–Trinajstić information content (AvgIpc) is 3.63. The van der Waals surface area contributed by atoms with Gasteiger partial charge in [0.05, 0.1) is 5.69 Å². The second kappa shape index (κ2) is 10.4. The van der Waals surface area contributed by atoms with Gasteiger partial charge in [0, 0.05) is 18.0 Å². The molecule has 0 fully saturated rings. The molecule has 39 heavy (non-hydrogen) atoms. The van der Waals surface area contributed by atoms with E-state index in [2.05, 4.69) is 91.7 Å². The van der Waals surface area contributed by atoms with Crippen molar-refractivity contribution in [1.82, 2.24) is 40.4 Å². The Bertz CT molecular complexity index is 1710. The van der Waals surface area contributed by atoms with Crippen LogP contribution in [0.3, 0.4) is 0 Å². The van der Waals surface area contributed by atoms with Crippen molar-refractivity contribution < 1.29 is 5.11 Å². The fraction of sp³-hybridized carbons (Fsp3) is 0.200. The molecule has 0 saturated heterocycles. The number of aromatic hydroxyl groups is 1. The number of aromatic amines is 1. The summed E-state index contributed by atoms with van der Waals surface area (Å²) in [6.07, 6.45) is 1.52. The van der Waals surface area contributed by atoms with E-state index >= 15 is 0 Å². The highest BCUT2D eigenvalue weighted by Gasteiger charge is 2.21. The van der Waals surface area contributed by atoms with Gasteiger partial charge < -0.3 is 9.67 Å². The van der Waals surface area contributed by atoms with Crippen molar-refractivity contribution in [3.8, 4) is 28.4 Å². The van der Waals surface area contributed by atoms with Crippen LogP contribution in [0, 0.1) is 0 Å². The highest BCUT2D eigenvalue weighted by molar-refractivity contribution is 5.83. The first-order valence-corrected chi connectivity index (χ1v) is 13.0. The molecule has 9 nitrogen and oxygen atoms in total. The van der Waals surface area contributed by atoms with Crippen LogP contribution in [-0.2, 0) is 19.4 Å². The maximum absolute atomic E-state index is 10.8. The highest BCUT2D eigenvalue weighted by atomic mass is 16.3. The predicted molar refractivity (Wildman–Crippen MR) is 149 cm³/mol. The van der Waals surface area contributed by atoms with Gasteiger partial charge in [-0.25, -0.2) is 10.1 Å². The number of aryl methyl sites for hydroxylation is 2. The number of H-pyrrole nitrogens is 1. The molecule has 194 valence electrons. The zero-order valence-corrected chi connectivity index (χ0v) is 21.8. The molecule has 0 aliphatic heterocycles. The molecule has 0 radical (unpaired) electrons. The summed E-state index contributed by atoms with van der Waals surface area (Å²) in [7, 11) is 0. The normalized spacial score (nSPS) is 11.5. The van der Waals surface area contributed by atoms with Gasteiger partial charge in [0.15, 0.2) is 5.82 Å². The fourth-order valence-corrected chi connectivity index (χ4v) is 4.96. The zero-order chi connectivity index (χ0) is 26.8. The Labute approximate surface area is 225 Å². The van der Waals surface area contributed by atoms with Crippen molar-refractivity contribution in [2.45, 2.75) is 39.2 Å². The minimum absolute atomic E-state index is 0.0981. The van der Waals surface area contributed by atoms with Gasteiger partial charge in [0.1, 0.15) is 16.9 Å². The van der Waals surface area contributed by atoms with E-state index in [4.69, 9.17) is 4.98 Å². The molecule has 0 bridgehead atoms. The third kappa shape index (κ3) is 4.86. The Morgan fingerprint density at radius 2 is 1.54 bits per heavy atom. The maximum Gasteiger partial charge on any atom is 0.257 e. The van der Waals surface area contributed by atoms with Crippen LogP contribution in [0.4, 0.5) is 0 Å². The van der Waals surface area contributed by atoms with E-state index in [9.17, 15) is 5.11 Å². The van der Waals surface area contributed by atoms with E-state index in [1.165, 1.54) is 5.56 Å². The number of rotatable bonds is 8. The SMILES string of the molecule is CC(C)c1nc2c(CCc3ccccc3)nnc(O)c2n1Cc1ccc(-c2ccccc2-c2nnn[nH]2)cc1. The molecule has 3 aromatic carbocycles. The summed E-state index contributed by atoms with van der Waals surface area (Å²) >= 11 is 0. The van der Waals surface area contributed by atoms with Crippen molar-refractivity contribution in [3.05, 3.63) is 102 Å². The van der Waals surface area contributed by atoms with Gasteiger partial charge >= 0.3 is 0 Å². The molecular weight excluding hydrogens is 488 g/mol. The monoisotopic (exact) mass is 516 g/mol. The first kappa shape index (κ1) is 24.4. The second-order valence-electron chi connectivity index (χ2n) is 9.86. The lowest BCUT2D eigenvalue weighted by atomic mass is 9.98. The molecular formula is C30H28N8O. The fourth-order valence-electron chi connectivity index (χ4n) is 4.96. The molecule has 0 aliphatic rings. The number of hydrogen-bond donors (Lipinski definition) is 2. The van der Waals surface area contributed by atoms with Gasteiger partial charge in [-0.05, 0) is 45.5 Å². The summed E-state index contributed by atoms with van der Waals surface area (Å²) in [5.41, 5.74) is 7.48. The lowest BCUT2D eigenvalue weighted by Gasteiger charge is -2.13. The summed E-state index contributed by atoms with van der Waals surface area (Å²) in [4.78, 5) is 4.96. The Balaban J connectivity index is 1.33. The van der Waals surface area contributed by atoms with Gasteiger partial charge in [-0.1, -0.05) is 92.7 Å². The van der Waals surface area contributed by atoms with Gasteiger partial charge in [0.25, 0.3) is 5.88 Å². The average molecular weight is 517 g/mol. The van der Waals surface area contributed by atoms with Crippen molar-refractivity contribution in [1.29, 1.82) is 0 Å². The summed E-state index contributed by atoms with van der Waals surface area (Å²) in [6, 6.07) is 26.7. The molecule has 0 amide bonds. The topological polar surface area (TPSA) is 118 Å². The van der Waals surface area contributed by atoms with Crippen molar-refractivity contribution in [3.63, 3.8) is 0 Å². The molecule has 0 spiro atoms. The zero-order valence-electron chi connectivity index (χ0n) is 21.8. The molecule has 3 aromatic heterocycles. The molecule has 2 N–H and O–H groups in total. The first-order chi connectivity index (χ1) is 19.1. The molecule has 9 heteroatoms. The van der Waals surface area contributed by atoms with Gasteiger partial charge in [-0.3, -0.25) is 0 Å². The quantitative estimate of drug-likeness (QED) is 0.280. The van der Waals surface area contributed by atoms with E-state index in [1.807, 2.05) is 36.4 Å². The van der Waals surface area contributed by atoms with Crippen LogP contribution in [0.25, 0.3) is 33.5 Å². The molecule has 3 heterocycles. The largest absolute Gasteiger partial charge is 0.491 e. The lowest BCUT2D eigenvalue weighted by Crippen LogP contribution is -2.07. The molecule has 6 aromatic rings. The smallest absolute Gasteiger partial charge is 0.257 e. The molecule has 0 atom stereocenters. The number of benzene rings is 3. The Hall–Kier alpha value is -4.92. The number of nitrogens with one attached hydrogen (secondary N) is 1. The number of tetrazole rings is 1. The number of nitrogens with zero attached hydrogens (tertiary/aromatic N) is 7. The Morgan fingerprint density at radius 1 is 0.795 bits per heavy atom. The Kier molecular flexibility index (Phi) is 6.54. The van der Waals surface area contributed by atoms with E-state index in [0.29, 0.717) is 29.8 Å². The van der Waals surface area contributed by atoms with Crippen molar-refractivity contribution in [2.75, 3.05) is 0 Å². The van der Waals surface area contributed by atoms with Gasteiger partial charge in [-0.2, -0.15) is 0 Å². The molecule has 0 unspecified atom stereocenters. The number of fused-ring (bicyclic) bond motifs is 1. The second-order valence-corrected chi connectivity index (χ2v) is 9.86. The summed E-state index contributed by atoms with van der Waals surface area (Å²) in [5.74, 6) is 1.57. The summed E-state index contributed by atoms with van der Waals surface area (Å²) in [6.45, 7) is 4.77.